The molecular weight excluding hydrogens is 696 g/mol. The van der Waals surface area contributed by atoms with Gasteiger partial charge in [-0.2, -0.15) is 13.9 Å². The summed E-state index contributed by atoms with van der Waals surface area (Å²) in [6.45, 7) is 4.55. The highest BCUT2D eigenvalue weighted by Gasteiger charge is 2.55. The molecule has 1 unspecified atom stereocenters. The number of carbonyl (C=O) groups is 3. The fraction of sp³-hybridized carbons (Fsp3) is 0.351. The van der Waals surface area contributed by atoms with Gasteiger partial charge in [-0.1, -0.05) is 68.8 Å². The van der Waals surface area contributed by atoms with Crippen molar-refractivity contribution in [1.82, 2.24) is 30.3 Å². The Labute approximate surface area is 303 Å². The normalized spacial score (nSPS) is 19.4. The van der Waals surface area contributed by atoms with E-state index in [-0.39, 0.29) is 24.5 Å². The van der Waals surface area contributed by atoms with Crippen molar-refractivity contribution in [2.45, 2.75) is 70.6 Å². The minimum atomic E-state index is -2.80. The van der Waals surface area contributed by atoms with Crippen LogP contribution in [0.2, 0.25) is 5.02 Å². The number of ether oxygens (including phenoxy) is 1. The Morgan fingerprint density at radius 3 is 2.44 bits per heavy atom. The predicted molar refractivity (Wildman–Crippen MR) is 190 cm³/mol. The number of pyridine rings is 1. The van der Waals surface area contributed by atoms with Crippen molar-refractivity contribution in [3.05, 3.63) is 95.4 Å². The largest absolute Gasteiger partial charge is 0.463 e. The zero-order valence-electron chi connectivity index (χ0n) is 28.9. The van der Waals surface area contributed by atoms with E-state index in [1.54, 1.807) is 66.9 Å². The molecule has 2 aromatic heterocycles. The van der Waals surface area contributed by atoms with Crippen molar-refractivity contribution < 1.29 is 33.0 Å². The minimum absolute atomic E-state index is 0.183. The summed E-state index contributed by atoms with van der Waals surface area (Å²) in [5.41, 5.74) is 0.643. The molecule has 0 spiro atoms. The van der Waals surface area contributed by atoms with Gasteiger partial charge in [-0.3, -0.25) is 14.7 Å². The van der Waals surface area contributed by atoms with Crippen LogP contribution in [0.3, 0.4) is 0 Å². The summed E-state index contributed by atoms with van der Waals surface area (Å²) in [6.07, 6.45) is 3.69. The lowest BCUT2D eigenvalue weighted by Gasteiger charge is -2.35. The molecule has 2 fully saturated rings. The van der Waals surface area contributed by atoms with Crippen molar-refractivity contribution in [2.24, 2.45) is 10.4 Å². The number of nitrogens with zero attached hydrogens (tertiary/aromatic N) is 5. The molecule has 52 heavy (non-hydrogen) atoms. The second-order valence-corrected chi connectivity index (χ2v) is 14.9. The first kappa shape index (κ1) is 36.4. The number of carbonyl (C=O) groups excluding carboxylic acids is 2. The summed E-state index contributed by atoms with van der Waals surface area (Å²) in [5, 5.41) is 20.0. The number of alkyl halides is 2. The quantitative estimate of drug-likeness (QED) is 0.150. The van der Waals surface area contributed by atoms with Crippen LogP contribution in [0.1, 0.15) is 70.7 Å². The van der Waals surface area contributed by atoms with Gasteiger partial charge in [0.25, 0.3) is 5.91 Å². The molecule has 2 aliphatic rings. The summed E-state index contributed by atoms with van der Waals surface area (Å²) in [7, 11) is 0. The van der Waals surface area contributed by atoms with Gasteiger partial charge >= 0.3 is 18.7 Å². The van der Waals surface area contributed by atoms with E-state index in [2.05, 4.69) is 25.7 Å². The van der Waals surface area contributed by atoms with Crippen LogP contribution in [0.4, 0.5) is 18.4 Å². The SMILES string of the molecule is CC(C)(C)CC1(c2ccc(-c3cnn(C(F)F)c3)cc2)NC(=NC(=O)O)N([C@H](COC(=O)NC2(C)CC2)c2ccc(Cl)c(-c3ccccn3)c2)C1=O. The van der Waals surface area contributed by atoms with Gasteiger partial charge in [-0.25, -0.2) is 14.3 Å². The zero-order chi connectivity index (χ0) is 37.4. The number of rotatable bonds is 10. The van der Waals surface area contributed by atoms with Crippen LogP contribution in [-0.2, 0) is 15.1 Å². The molecule has 4 aromatic rings. The number of nitrogens with one attached hydrogen (secondary N) is 2. The van der Waals surface area contributed by atoms with Crippen molar-refractivity contribution in [3.63, 3.8) is 0 Å². The van der Waals surface area contributed by atoms with Gasteiger partial charge in [-0.15, -0.1) is 4.99 Å². The van der Waals surface area contributed by atoms with E-state index in [1.165, 1.54) is 17.3 Å². The summed E-state index contributed by atoms with van der Waals surface area (Å²) < 4.78 is 32.7. The molecule has 0 bridgehead atoms. The summed E-state index contributed by atoms with van der Waals surface area (Å²) in [6, 6.07) is 16.0. The maximum absolute atomic E-state index is 15.1. The van der Waals surface area contributed by atoms with Gasteiger partial charge in [-0.05, 0) is 72.6 Å². The lowest BCUT2D eigenvalue weighted by atomic mass is 9.75. The van der Waals surface area contributed by atoms with E-state index in [4.69, 9.17) is 16.3 Å². The number of aromatic nitrogens is 3. The van der Waals surface area contributed by atoms with Crippen LogP contribution >= 0.6 is 11.6 Å². The standard InChI is InChI=1S/C37H38ClF2N7O5/c1-35(2,3)21-37(25-11-8-22(9-12-25)24-18-42-46(19-24)31(39)40)30(48)47(32(44-37)43-33(49)50)29(20-52-34(51)45-36(4)14-15-36)23-10-13-27(38)26(17-23)28-7-5-6-16-41-28/h5-13,16-19,29,31H,14-15,20-21H2,1-4H3,(H,43,44)(H,45,51)(H,49,50)/t29-,37?/m1/s1. The van der Waals surface area contributed by atoms with Gasteiger partial charge in [0.1, 0.15) is 12.1 Å². The first-order chi connectivity index (χ1) is 24.6. The highest BCUT2D eigenvalue weighted by atomic mass is 35.5. The number of hydrogen-bond donors (Lipinski definition) is 3. The van der Waals surface area contributed by atoms with Crippen molar-refractivity contribution >= 4 is 35.7 Å². The average molecular weight is 734 g/mol. The lowest BCUT2D eigenvalue weighted by molar-refractivity contribution is -0.134. The molecule has 6 rings (SSSR count). The first-order valence-electron chi connectivity index (χ1n) is 16.6. The monoisotopic (exact) mass is 733 g/mol. The van der Waals surface area contributed by atoms with Gasteiger partial charge < -0.3 is 20.5 Å². The lowest BCUT2D eigenvalue weighted by Crippen LogP contribution is -2.47. The van der Waals surface area contributed by atoms with Crippen LogP contribution in [0.15, 0.2) is 84.2 Å². The molecule has 1 saturated heterocycles. The second-order valence-electron chi connectivity index (χ2n) is 14.5. The van der Waals surface area contributed by atoms with E-state index in [9.17, 15) is 23.5 Å². The molecule has 0 radical (unpaired) electrons. The Morgan fingerprint density at radius 2 is 1.85 bits per heavy atom. The Kier molecular flexibility index (Phi) is 9.79. The molecule has 1 saturated carbocycles. The molecule has 12 nitrogen and oxygen atoms in total. The van der Waals surface area contributed by atoms with Gasteiger partial charge in [0.05, 0.1) is 17.9 Å². The molecule has 1 aliphatic carbocycles. The molecule has 3 amide bonds. The summed E-state index contributed by atoms with van der Waals surface area (Å²) >= 11 is 6.63. The fourth-order valence-corrected chi connectivity index (χ4v) is 6.57. The number of halogens is 3. The zero-order valence-corrected chi connectivity index (χ0v) is 29.7. The van der Waals surface area contributed by atoms with Crippen molar-refractivity contribution in [3.8, 4) is 22.4 Å². The number of alkyl carbamates (subject to hydrolysis) is 1. The van der Waals surface area contributed by atoms with Crippen LogP contribution in [0.5, 0.6) is 0 Å². The number of aliphatic imine (C=N–C) groups is 1. The highest BCUT2D eigenvalue weighted by molar-refractivity contribution is 6.33. The average Bonchev–Trinajstić information content (AvgIpc) is 3.48. The smallest absolute Gasteiger partial charge is 0.434 e. The van der Waals surface area contributed by atoms with Crippen LogP contribution in [0.25, 0.3) is 22.4 Å². The van der Waals surface area contributed by atoms with Gasteiger partial charge in [0.2, 0.25) is 5.96 Å². The molecule has 2 aromatic carbocycles. The minimum Gasteiger partial charge on any atom is -0.463 e. The molecule has 272 valence electrons. The van der Waals surface area contributed by atoms with E-state index >= 15 is 4.79 Å². The molecule has 15 heteroatoms. The fourth-order valence-electron chi connectivity index (χ4n) is 6.36. The van der Waals surface area contributed by atoms with Crippen LogP contribution < -0.4 is 10.6 Å². The van der Waals surface area contributed by atoms with Crippen LogP contribution in [-0.4, -0.2) is 61.0 Å². The topological polar surface area (TPSA) is 151 Å². The summed E-state index contributed by atoms with van der Waals surface area (Å²) in [4.78, 5) is 49.8. The Balaban J connectivity index is 1.46. The number of benzene rings is 2. The maximum atomic E-state index is 15.1. The number of amides is 3. The van der Waals surface area contributed by atoms with E-state index in [0.29, 0.717) is 43.2 Å². The molecule has 1 aliphatic heterocycles. The Morgan fingerprint density at radius 1 is 1.12 bits per heavy atom. The number of hydrogen-bond acceptors (Lipinski definition) is 6. The van der Waals surface area contributed by atoms with Crippen molar-refractivity contribution in [1.29, 1.82) is 0 Å². The van der Waals surface area contributed by atoms with E-state index in [1.807, 2.05) is 27.7 Å². The molecule has 3 N–H and O–H groups in total. The Bertz CT molecular complexity index is 2010. The van der Waals surface area contributed by atoms with E-state index < -0.39 is 41.6 Å². The Hall–Kier alpha value is -5.37. The third kappa shape index (κ3) is 7.76. The van der Waals surface area contributed by atoms with Crippen LogP contribution in [0, 0.1) is 5.41 Å². The first-order valence-corrected chi connectivity index (χ1v) is 17.0. The third-order valence-electron chi connectivity index (χ3n) is 9.05. The third-order valence-corrected chi connectivity index (χ3v) is 9.38. The highest BCUT2D eigenvalue weighted by Crippen LogP contribution is 2.43. The van der Waals surface area contributed by atoms with E-state index in [0.717, 1.165) is 12.8 Å². The van der Waals surface area contributed by atoms with Crippen molar-refractivity contribution in [2.75, 3.05) is 6.61 Å². The number of guanidine groups is 1. The number of carboxylic acid groups (broad SMARTS) is 1. The molecular formula is C37H38ClF2N7O5. The predicted octanol–water partition coefficient (Wildman–Crippen LogP) is 7.78. The molecule has 2 atom stereocenters. The second kappa shape index (κ2) is 14.0. The molecule has 3 heterocycles. The van der Waals surface area contributed by atoms with Gasteiger partial charge in [0, 0.05) is 34.1 Å². The van der Waals surface area contributed by atoms with Gasteiger partial charge in [0.15, 0.2) is 0 Å². The maximum Gasteiger partial charge on any atom is 0.434 e. The summed E-state index contributed by atoms with van der Waals surface area (Å²) in [5.74, 6) is -0.806.